The highest BCUT2D eigenvalue weighted by atomic mass is 16.6. The highest BCUT2D eigenvalue weighted by molar-refractivity contribution is 5.90. The van der Waals surface area contributed by atoms with Gasteiger partial charge in [0.1, 0.15) is 5.82 Å². The largest absolute Gasteiger partial charge is 0.383 e. The molecule has 5 nitrogen and oxygen atoms in total. The fraction of sp³-hybridized carbons (Fsp3) is 0. The molecule has 0 saturated heterocycles. The van der Waals surface area contributed by atoms with Gasteiger partial charge in [-0.15, -0.1) is 0 Å². The first kappa shape index (κ1) is 12.1. The van der Waals surface area contributed by atoms with Gasteiger partial charge in [-0.25, -0.2) is 4.98 Å². The van der Waals surface area contributed by atoms with Gasteiger partial charge in [-0.3, -0.25) is 10.1 Å². The molecular weight excluding hydrogens is 254 g/mol. The lowest BCUT2D eigenvalue weighted by atomic mass is 10.0. The summed E-state index contributed by atoms with van der Waals surface area (Å²) < 4.78 is 0. The molecule has 0 radical (unpaired) electrons. The molecule has 0 bridgehead atoms. The van der Waals surface area contributed by atoms with Crippen LogP contribution in [-0.4, -0.2) is 9.91 Å². The standard InChI is InChI=1S/C15H11N3O2/c16-15-12(9-10-5-1-3-7-13(10)17-15)11-6-2-4-8-14(11)18(19)20/h1-9H,(H2,16,17). The van der Waals surface area contributed by atoms with E-state index in [0.29, 0.717) is 11.1 Å². The van der Waals surface area contributed by atoms with Gasteiger partial charge in [0.25, 0.3) is 5.69 Å². The molecule has 1 heterocycles. The number of hydrogen-bond acceptors (Lipinski definition) is 4. The van der Waals surface area contributed by atoms with Crippen LogP contribution < -0.4 is 5.73 Å². The van der Waals surface area contributed by atoms with E-state index in [9.17, 15) is 10.1 Å². The number of nitrogens with zero attached hydrogens (tertiary/aromatic N) is 2. The fourth-order valence-electron chi connectivity index (χ4n) is 2.21. The molecule has 5 heteroatoms. The van der Waals surface area contributed by atoms with Gasteiger partial charge >= 0.3 is 0 Å². The van der Waals surface area contributed by atoms with E-state index in [1.807, 2.05) is 30.3 Å². The van der Waals surface area contributed by atoms with Crippen LogP contribution in [-0.2, 0) is 0 Å². The minimum atomic E-state index is -0.413. The summed E-state index contributed by atoms with van der Waals surface area (Å²) in [7, 11) is 0. The number of pyridine rings is 1. The molecule has 0 saturated carbocycles. The molecule has 3 rings (SSSR count). The van der Waals surface area contributed by atoms with E-state index >= 15 is 0 Å². The average molecular weight is 265 g/mol. The monoisotopic (exact) mass is 265 g/mol. The first-order chi connectivity index (χ1) is 9.66. The van der Waals surface area contributed by atoms with Crippen molar-refractivity contribution in [2.45, 2.75) is 0 Å². The molecule has 0 spiro atoms. The quantitative estimate of drug-likeness (QED) is 0.568. The van der Waals surface area contributed by atoms with Gasteiger partial charge in [0.15, 0.2) is 0 Å². The zero-order valence-electron chi connectivity index (χ0n) is 10.5. The molecule has 2 N–H and O–H groups in total. The van der Waals surface area contributed by atoms with Crippen LogP contribution in [0, 0.1) is 10.1 Å². The van der Waals surface area contributed by atoms with E-state index < -0.39 is 4.92 Å². The third-order valence-electron chi connectivity index (χ3n) is 3.14. The minimum Gasteiger partial charge on any atom is -0.383 e. The highest BCUT2D eigenvalue weighted by Crippen LogP contribution is 2.34. The molecule has 0 unspecified atom stereocenters. The van der Waals surface area contributed by atoms with Crippen molar-refractivity contribution in [2.24, 2.45) is 0 Å². The lowest BCUT2D eigenvalue weighted by Gasteiger charge is -2.07. The minimum absolute atomic E-state index is 0.0243. The first-order valence-corrected chi connectivity index (χ1v) is 6.06. The Balaban J connectivity index is 2.29. The topological polar surface area (TPSA) is 82.0 Å². The SMILES string of the molecule is Nc1nc2ccccc2cc1-c1ccccc1[N+](=O)[O-]. The molecule has 1 aromatic heterocycles. The number of nitro benzene ring substituents is 1. The number of benzene rings is 2. The average Bonchev–Trinajstić information content (AvgIpc) is 2.46. The number of nitrogens with two attached hydrogens (primary N) is 1. The van der Waals surface area contributed by atoms with E-state index in [2.05, 4.69) is 4.98 Å². The van der Waals surface area contributed by atoms with Gasteiger partial charge in [-0.1, -0.05) is 30.3 Å². The van der Waals surface area contributed by atoms with E-state index in [1.54, 1.807) is 18.2 Å². The van der Waals surface area contributed by atoms with Gasteiger partial charge in [-0.05, 0) is 18.2 Å². The second-order valence-electron chi connectivity index (χ2n) is 4.39. The fourth-order valence-corrected chi connectivity index (χ4v) is 2.21. The summed E-state index contributed by atoms with van der Waals surface area (Å²) in [6.45, 7) is 0. The third kappa shape index (κ3) is 1.95. The van der Waals surface area contributed by atoms with Gasteiger partial charge in [0.05, 0.1) is 16.0 Å². The zero-order valence-corrected chi connectivity index (χ0v) is 10.5. The van der Waals surface area contributed by atoms with Crippen molar-refractivity contribution >= 4 is 22.4 Å². The second-order valence-corrected chi connectivity index (χ2v) is 4.39. The van der Waals surface area contributed by atoms with Crippen LogP contribution in [0.5, 0.6) is 0 Å². The number of anilines is 1. The molecule has 3 aromatic rings. The van der Waals surface area contributed by atoms with Gasteiger partial charge < -0.3 is 5.73 Å². The molecule has 20 heavy (non-hydrogen) atoms. The lowest BCUT2D eigenvalue weighted by molar-refractivity contribution is -0.384. The maximum Gasteiger partial charge on any atom is 0.277 e. The summed E-state index contributed by atoms with van der Waals surface area (Å²) in [4.78, 5) is 15.0. The molecule has 0 aliphatic heterocycles. The summed E-state index contributed by atoms with van der Waals surface area (Å²) in [5.41, 5.74) is 7.81. The Hall–Kier alpha value is -2.95. The van der Waals surface area contributed by atoms with E-state index in [0.717, 1.165) is 10.9 Å². The molecule has 0 fully saturated rings. The van der Waals surface area contributed by atoms with Crippen LogP contribution in [0.15, 0.2) is 54.6 Å². The van der Waals surface area contributed by atoms with Crippen molar-refractivity contribution < 1.29 is 4.92 Å². The smallest absolute Gasteiger partial charge is 0.277 e. The Bertz CT molecular complexity index is 815. The number of fused-ring (bicyclic) bond motifs is 1. The van der Waals surface area contributed by atoms with Crippen LogP contribution in [0.2, 0.25) is 0 Å². The summed E-state index contributed by atoms with van der Waals surface area (Å²) in [6.07, 6.45) is 0. The Morgan fingerprint density at radius 2 is 1.70 bits per heavy atom. The summed E-state index contributed by atoms with van der Waals surface area (Å²) in [5, 5.41) is 12.0. The maximum atomic E-state index is 11.1. The Morgan fingerprint density at radius 3 is 2.50 bits per heavy atom. The van der Waals surface area contributed by atoms with Crippen LogP contribution in [0.3, 0.4) is 0 Å². The second kappa shape index (κ2) is 4.62. The first-order valence-electron chi connectivity index (χ1n) is 6.06. The van der Waals surface area contributed by atoms with Crippen molar-refractivity contribution in [3.63, 3.8) is 0 Å². The van der Waals surface area contributed by atoms with Crippen LogP contribution >= 0.6 is 0 Å². The van der Waals surface area contributed by atoms with Crippen LogP contribution in [0.4, 0.5) is 11.5 Å². The third-order valence-corrected chi connectivity index (χ3v) is 3.14. The molecule has 0 amide bonds. The Labute approximate surface area is 114 Å². The predicted octanol–water partition coefficient (Wildman–Crippen LogP) is 3.39. The molecule has 0 aliphatic rings. The number of nitrogen functional groups attached to an aromatic ring is 1. The molecule has 2 aromatic carbocycles. The highest BCUT2D eigenvalue weighted by Gasteiger charge is 2.17. The van der Waals surface area contributed by atoms with Crippen LogP contribution in [0.25, 0.3) is 22.0 Å². The van der Waals surface area contributed by atoms with E-state index in [4.69, 9.17) is 5.73 Å². The number of aromatic nitrogens is 1. The van der Waals surface area contributed by atoms with Gasteiger partial charge in [0.2, 0.25) is 0 Å². The number of para-hydroxylation sites is 2. The molecule has 98 valence electrons. The van der Waals surface area contributed by atoms with Gasteiger partial charge in [-0.2, -0.15) is 0 Å². The predicted molar refractivity (Wildman–Crippen MR) is 78.2 cm³/mol. The lowest BCUT2D eigenvalue weighted by Crippen LogP contribution is -1.98. The molecule has 0 aliphatic carbocycles. The van der Waals surface area contributed by atoms with Crippen molar-refractivity contribution in [2.75, 3.05) is 5.73 Å². The normalized spacial score (nSPS) is 10.6. The van der Waals surface area contributed by atoms with E-state index in [-0.39, 0.29) is 11.5 Å². The molecule has 0 atom stereocenters. The summed E-state index contributed by atoms with van der Waals surface area (Å²) in [6, 6.07) is 15.9. The Kier molecular flexibility index (Phi) is 2.80. The van der Waals surface area contributed by atoms with Gasteiger partial charge in [0, 0.05) is 17.0 Å². The van der Waals surface area contributed by atoms with Crippen LogP contribution in [0.1, 0.15) is 0 Å². The Morgan fingerprint density at radius 1 is 1.00 bits per heavy atom. The maximum absolute atomic E-state index is 11.1. The molecular formula is C15H11N3O2. The van der Waals surface area contributed by atoms with E-state index in [1.165, 1.54) is 6.07 Å². The van der Waals surface area contributed by atoms with Crippen molar-refractivity contribution in [3.8, 4) is 11.1 Å². The zero-order chi connectivity index (χ0) is 14.1. The number of hydrogen-bond donors (Lipinski definition) is 1. The van der Waals surface area contributed by atoms with Crippen molar-refractivity contribution in [1.29, 1.82) is 0 Å². The summed E-state index contributed by atoms with van der Waals surface area (Å²) in [5.74, 6) is 0.290. The number of nitro groups is 1. The van der Waals surface area contributed by atoms with Crippen molar-refractivity contribution in [1.82, 2.24) is 4.98 Å². The number of rotatable bonds is 2. The van der Waals surface area contributed by atoms with Crippen molar-refractivity contribution in [3.05, 3.63) is 64.7 Å². The summed E-state index contributed by atoms with van der Waals surface area (Å²) >= 11 is 0.